The van der Waals surface area contributed by atoms with Crippen LogP contribution in [0.25, 0.3) is 22.2 Å². The van der Waals surface area contributed by atoms with Gasteiger partial charge in [0.05, 0.1) is 16.0 Å². The molecule has 22 heavy (non-hydrogen) atoms. The third kappa shape index (κ3) is 1.64. The van der Waals surface area contributed by atoms with E-state index in [0.29, 0.717) is 0 Å². The highest BCUT2D eigenvalue weighted by Gasteiger charge is 2.28. The summed E-state index contributed by atoms with van der Waals surface area (Å²) < 4.78 is 0. The summed E-state index contributed by atoms with van der Waals surface area (Å²) in [4.78, 5) is 33.6. The van der Waals surface area contributed by atoms with Crippen molar-refractivity contribution in [2.75, 3.05) is 0 Å². The quantitative estimate of drug-likeness (QED) is 0.360. The van der Waals surface area contributed by atoms with Gasteiger partial charge in [0.2, 0.25) is 0 Å². The number of non-ortho nitro benzene ring substituents is 1. The maximum Gasteiger partial charge on any atom is 0.277 e. The number of rotatable bonds is 1. The topological polar surface area (TPSA) is 144 Å². The van der Waals surface area contributed by atoms with E-state index in [1.54, 1.807) is 0 Å². The number of ketones is 2. The Labute approximate surface area is 121 Å². The Hall–Kier alpha value is -3.42. The molecule has 1 aliphatic carbocycles. The number of phenolic OH excluding ortho intramolecular Hbond substituents is 1. The second-order valence-electron chi connectivity index (χ2n) is 4.72. The van der Waals surface area contributed by atoms with Crippen LogP contribution >= 0.6 is 0 Å². The first-order chi connectivity index (χ1) is 10.3. The lowest BCUT2D eigenvalue weighted by atomic mass is 9.97. The minimum atomic E-state index is -1.16. The summed E-state index contributed by atoms with van der Waals surface area (Å²) in [6.07, 6.45) is 0. The zero-order valence-electron chi connectivity index (χ0n) is 10.9. The number of benzene rings is 2. The number of carbonyl (C=O) groups excluding carboxylic acids is 2. The molecule has 0 aromatic heterocycles. The molecule has 110 valence electrons. The Morgan fingerprint density at radius 2 is 1.64 bits per heavy atom. The molecule has 4 N–H and O–H groups in total. The van der Waals surface area contributed by atoms with Crippen molar-refractivity contribution in [3.63, 3.8) is 0 Å². The first kappa shape index (κ1) is 13.6. The lowest BCUT2D eigenvalue weighted by Crippen LogP contribution is -2.43. The molecule has 0 atom stereocenters. The molecule has 0 heterocycles. The van der Waals surface area contributed by atoms with E-state index in [0.717, 1.165) is 12.1 Å². The van der Waals surface area contributed by atoms with Gasteiger partial charge in [0.1, 0.15) is 5.75 Å². The summed E-state index contributed by atoms with van der Waals surface area (Å²) in [6, 6.07) is 4.64. The largest absolute Gasteiger partial charge is 0.507 e. The van der Waals surface area contributed by atoms with Crippen molar-refractivity contribution >= 4 is 39.5 Å². The van der Waals surface area contributed by atoms with Crippen molar-refractivity contribution in [3.8, 4) is 5.75 Å². The summed E-state index contributed by atoms with van der Waals surface area (Å²) in [7, 11) is 0. The van der Waals surface area contributed by atoms with Crippen LogP contribution < -0.4 is 16.2 Å². The van der Waals surface area contributed by atoms with Gasteiger partial charge < -0.3 is 15.9 Å². The molecule has 0 bridgehead atoms. The van der Waals surface area contributed by atoms with Crippen LogP contribution in [0.4, 0.5) is 5.69 Å². The molecule has 0 amide bonds. The summed E-state index contributed by atoms with van der Waals surface area (Å²) in [6.45, 7) is 0. The van der Waals surface area contributed by atoms with E-state index in [2.05, 4.69) is 0 Å². The van der Waals surface area contributed by atoms with E-state index in [1.165, 1.54) is 12.1 Å². The number of carbonyl (C=O) groups is 2. The van der Waals surface area contributed by atoms with Crippen LogP contribution in [0.3, 0.4) is 0 Å². The zero-order valence-corrected chi connectivity index (χ0v) is 10.9. The Morgan fingerprint density at radius 3 is 2.27 bits per heavy atom. The lowest BCUT2D eigenvalue weighted by Gasteiger charge is -2.10. The number of phenols is 1. The molecule has 2 aromatic carbocycles. The van der Waals surface area contributed by atoms with Crippen LogP contribution in [0.15, 0.2) is 24.3 Å². The Balaban J connectivity index is 2.64. The smallest absolute Gasteiger partial charge is 0.277 e. The minimum Gasteiger partial charge on any atom is -0.507 e. The SMILES string of the molecule is NC1=c2cc3c([N+](=O)[O-])ccc(O)c3cc2=C(O)C(=O)C1=O. The van der Waals surface area contributed by atoms with E-state index in [1.807, 2.05) is 0 Å². The fourth-order valence-corrected chi connectivity index (χ4v) is 2.41. The fourth-order valence-electron chi connectivity index (χ4n) is 2.41. The van der Waals surface area contributed by atoms with E-state index in [9.17, 15) is 29.9 Å². The molecule has 8 heteroatoms. The van der Waals surface area contributed by atoms with Crippen LogP contribution in [0.2, 0.25) is 0 Å². The lowest BCUT2D eigenvalue weighted by molar-refractivity contribution is -0.383. The Bertz CT molecular complexity index is 1020. The van der Waals surface area contributed by atoms with Crippen molar-refractivity contribution in [2.24, 2.45) is 5.73 Å². The predicted molar refractivity (Wildman–Crippen MR) is 75.2 cm³/mol. The zero-order chi connectivity index (χ0) is 16.2. The van der Waals surface area contributed by atoms with E-state index in [-0.39, 0.29) is 32.6 Å². The average Bonchev–Trinajstić information content (AvgIpc) is 2.49. The van der Waals surface area contributed by atoms with Gasteiger partial charge in [0, 0.05) is 21.9 Å². The van der Waals surface area contributed by atoms with E-state index in [4.69, 9.17) is 5.73 Å². The molecule has 0 unspecified atom stereocenters. The number of aliphatic hydroxyl groups excluding tert-OH is 1. The summed E-state index contributed by atoms with van der Waals surface area (Å²) in [5.74, 6) is -3.30. The van der Waals surface area contributed by atoms with Crippen molar-refractivity contribution in [1.29, 1.82) is 0 Å². The number of fused-ring (bicyclic) bond motifs is 2. The molecule has 0 radical (unpaired) electrons. The number of aromatic hydroxyl groups is 1. The number of nitrogens with two attached hydrogens (primary N) is 1. The van der Waals surface area contributed by atoms with Gasteiger partial charge in [-0.05, 0) is 18.2 Å². The van der Waals surface area contributed by atoms with Gasteiger partial charge >= 0.3 is 0 Å². The highest BCUT2D eigenvalue weighted by molar-refractivity contribution is 6.61. The predicted octanol–water partition coefficient (Wildman–Crippen LogP) is -0.662. The number of Topliss-reactive ketones (excluding diaryl/α,β-unsaturated/α-hetero) is 2. The molecule has 2 aromatic rings. The van der Waals surface area contributed by atoms with Crippen LogP contribution in [-0.4, -0.2) is 26.7 Å². The van der Waals surface area contributed by atoms with Crippen LogP contribution in [0.5, 0.6) is 5.75 Å². The molecule has 0 saturated carbocycles. The first-order valence-electron chi connectivity index (χ1n) is 6.05. The van der Waals surface area contributed by atoms with E-state index >= 15 is 0 Å². The number of nitro groups is 1. The highest BCUT2D eigenvalue weighted by atomic mass is 16.6. The van der Waals surface area contributed by atoms with Gasteiger partial charge in [0.25, 0.3) is 17.3 Å². The van der Waals surface area contributed by atoms with Gasteiger partial charge in [-0.2, -0.15) is 0 Å². The second kappa shape index (κ2) is 4.29. The van der Waals surface area contributed by atoms with Gasteiger partial charge in [-0.15, -0.1) is 0 Å². The number of nitrogens with zero attached hydrogens (tertiary/aromatic N) is 1. The average molecular weight is 300 g/mol. The van der Waals surface area contributed by atoms with Crippen LogP contribution in [0, 0.1) is 10.1 Å². The van der Waals surface area contributed by atoms with Gasteiger partial charge in [-0.1, -0.05) is 0 Å². The van der Waals surface area contributed by atoms with Gasteiger partial charge in [0.15, 0.2) is 5.76 Å². The molecule has 0 saturated heterocycles. The molecule has 1 aliphatic rings. The van der Waals surface area contributed by atoms with E-state index < -0.39 is 27.9 Å². The molecular formula is C14H8N2O6. The van der Waals surface area contributed by atoms with Crippen molar-refractivity contribution < 1.29 is 24.7 Å². The van der Waals surface area contributed by atoms with Crippen LogP contribution in [-0.2, 0) is 9.59 Å². The summed E-state index contributed by atoms with van der Waals surface area (Å²) in [5.41, 5.74) is 4.88. The highest BCUT2D eigenvalue weighted by Crippen LogP contribution is 2.30. The molecular weight excluding hydrogens is 292 g/mol. The van der Waals surface area contributed by atoms with Crippen LogP contribution in [0.1, 0.15) is 0 Å². The second-order valence-corrected chi connectivity index (χ2v) is 4.72. The molecule has 0 fully saturated rings. The maximum absolute atomic E-state index is 11.6. The minimum absolute atomic E-state index is 0.0169. The first-order valence-corrected chi connectivity index (χ1v) is 6.05. The number of aliphatic hydroxyl groups is 1. The Kier molecular flexibility index (Phi) is 2.64. The number of hydrogen-bond acceptors (Lipinski definition) is 7. The third-order valence-electron chi connectivity index (χ3n) is 3.52. The molecule has 3 rings (SSSR count). The summed E-state index contributed by atoms with van der Waals surface area (Å²) >= 11 is 0. The van der Waals surface area contributed by atoms with Gasteiger partial charge in [-0.25, -0.2) is 0 Å². The summed E-state index contributed by atoms with van der Waals surface area (Å²) in [5, 5.41) is 30.8. The number of hydrogen-bond donors (Lipinski definition) is 3. The normalized spacial score (nSPS) is 14.4. The monoisotopic (exact) mass is 300 g/mol. The number of nitro benzene ring substituents is 1. The van der Waals surface area contributed by atoms with Crippen molar-refractivity contribution in [3.05, 3.63) is 44.8 Å². The van der Waals surface area contributed by atoms with Crippen molar-refractivity contribution in [2.45, 2.75) is 0 Å². The van der Waals surface area contributed by atoms with Gasteiger partial charge in [-0.3, -0.25) is 19.7 Å². The maximum atomic E-state index is 11.6. The third-order valence-corrected chi connectivity index (χ3v) is 3.52. The Morgan fingerprint density at radius 1 is 1.00 bits per heavy atom. The molecule has 8 nitrogen and oxygen atoms in total. The fraction of sp³-hybridized carbons (Fsp3) is 0. The molecule has 0 spiro atoms. The van der Waals surface area contributed by atoms with Crippen molar-refractivity contribution in [1.82, 2.24) is 0 Å². The molecule has 0 aliphatic heterocycles. The standard InChI is InChI=1S/C14H8N2O6/c15-11-7-3-5-6(10(17)2-1-9(5)16(21)22)4-8(7)12(18)14(20)13(11)19/h1-4,17-18H,15H2.